The maximum absolute atomic E-state index is 11.8. The fourth-order valence-electron chi connectivity index (χ4n) is 2.67. The Morgan fingerprint density at radius 1 is 1.27 bits per heavy atom. The van der Waals surface area contributed by atoms with Gasteiger partial charge in [-0.3, -0.25) is 10.2 Å². The Labute approximate surface area is 178 Å². The quantitative estimate of drug-likeness (QED) is 0.351. The van der Waals surface area contributed by atoms with E-state index in [-0.39, 0.29) is 12.6 Å². The highest BCUT2D eigenvalue weighted by Gasteiger charge is 2.20. The number of amides is 1. The van der Waals surface area contributed by atoms with Crippen molar-refractivity contribution in [3.8, 4) is 0 Å². The van der Waals surface area contributed by atoms with Crippen LogP contribution in [0.5, 0.6) is 0 Å². The molecule has 0 aliphatic heterocycles. The first-order chi connectivity index (χ1) is 14.7. The number of rotatable bonds is 11. The number of carbonyl (C=O) groups is 1. The van der Waals surface area contributed by atoms with Gasteiger partial charge in [0.15, 0.2) is 11.0 Å². The van der Waals surface area contributed by atoms with Gasteiger partial charge in [0.1, 0.15) is 12.6 Å². The molecule has 30 heavy (non-hydrogen) atoms. The number of anilines is 1. The number of tetrazole rings is 1. The summed E-state index contributed by atoms with van der Waals surface area (Å²) >= 11 is 1.31. The van der Waals surface area contributed by atoms with E-state index in [9.17, 15) is 4.79 Å². The van der Waals surface area contributed by atoms with Crippen LogP contribution < -0.4 is 10.8 Å². The van der Waals surface area contributed by atoms with Gasteiger partial charge in [0.05, 0.1) is 12.3 Å². The average molecular weight is 432 g/mol. The van der Waals surface area contributed by atoms with Gasteiger partial charge in [0, 0.05) is 12.4 Å². The summed E-state index contributed by atoms with van der Waals surface area (Å²) in [7, 11) is 1.77. The highest BCUT2D eigenvalue weighted by Crippen LogP contribution is 2.20. The Kier molecular flexibility index (Phi) is 8.24. The summed E-state index contributed by atoms with van der Waals surface area (Å²) in [5.74, 6) is 0.618. The molecule has 0 fully saturated rings. The van der Waals surface area contributed by atoms with E-state index in [1.165, 1.54) is 11.3 Å². The third kappa shape index (κ3) is 6.31. The fraction of sp³-hybridized carbons (Fsp3) is 0.421. The monoisotopic (exact) mass is 431 g/mol. The summed E-state index contributed by atoms with van der Waals surface area (Å²) in [6.45, 7) is 2.71. The summed E-state index contributed by atoms with van der Waals surface area (Å²) in [4.78, 5) is 21.8. The molecule has 0 aliphatic carbocycles. The van der Waals surface area contributed by atoms with Crippen molar-refractivity contribution in [3.05, 3.63) is 52.8 Å². The number of hydroxylamine groups is 1. The molecule has 0 saturated heterocycles. The van der Waals surface area contributed by atoms with Crippen LogP contribution in [0.2, 0.25) is 0 Å². The van der Waals surface area contributed by atoms with Crippen LogP contribution in [0.4, 0.5) is 9.93 Å². The minimum Gasteiger partial charge on any atom is -0.449 e. The van der Waals surface area contributed by atoms with E-state index >= 15 is 0 Å². The molecule has 0 spiro atoms. The Bertz CT molecular complexity index is 916. The number of hydrogen-bond acceptors (Lipinski definition) is 9. The maximum atomic E-state index is 11.8. The zero-order valence-corrected chi connectivity index (χ0v) is 17.8. The zero-order chi connectivity index (χ0) is 21.2. The molecule has 1 unspecified atom stereocenters. The molecule has 1 aromatic carbocycles. The number of nitrogens with one attached hydrogen (secondary N) is 2. The van der Waals surface area contributed by atoms with Crippen molar-refractivity contribution >= 4 is 22.6 Å². The smallest absolute Gasteiger partial charge is 0.413 e. The number of benzene rings is 1. The van der Waals surface area contributed by atoms with E-state index in [1.54, 1.807) is 11.7 Å². The van der Waals surface area contributed by atoms with Crippen LogP contribution in [0.25, 0.3) is 0 Å². The standard InChI is InChI=1S/C19H25N7O3S/c1-3-4-8-11-28-19(27)21-18-20-15(13-30-18)12-29-23-16(14-9-6-5-7-10-14)17-22-24-25-26(17)2/h5-7,9-10,13,16,23H,3-4,8,11-12H2,1-2H3,(H,20,21,27). The normalized spacial score (nSPS) is 11.9. The second kappa shape index (κ2) is 11.3. The summed E-state index contributed by atoms with van der Waals surface area (Å²) in [5, 5.41) is 16.6. The van der Waals surface area contributed by atoms with Crippen molar-refractivity contribution in [2.45, 2.75) is 38.8 Å². The number of hydrogen-bond donors (Lipinski definition) is 2. The molecule has 160 valence electrons. The molecule has 1 amide bonds. The number of unbranched alkanes of at least 4 members (excludes halogenated alkanes) is 2. The molecule has 1 atom stereocenters. The zero-order valence-electron chi connectivity index (χ0n) is 16.9. The second-order valence-electron chi connectivity index (χ2n) is 6.52. The number of ether oxygens (including phenoxy) is 1. The number of nitrogens with zero attached hydrogens (tertiary/aromatic N) is 5. The van der Waals surface area contributed by atoms with Crippen LogP contribution in [-0.4, -0.2) is 37.9 Å². The molecule has 0 aliphatic rings. The molecule has 3 rings (SSSR count). The number of aromatic nitrogens is 5. The van der Waals surface area contributed by atoms with Crippen LogP contribution in [0.1, 0.15) is 49.3 Å². The van der Waals surface area contributed by atoms with Crippen LogP contribution >= 0.6 is 11.3 Å². The minimum absolute atomic E-state index is 0.207. The highest BCUT2D eigenvalue weighted by molar-refractivity contribution is 7.13. The minimum atomic E-state index is -0.495. The lowest BCUT2D eigenvalue weighted by atomic mass is 10.1. The van der Waals surface area contributed by atoms with Gasteiger partial charge in [-0.15, -0.1) is 16.4 Å². The summed E-state index contributed by atoms with van der Waals surface area (Å²) in [5.41, 5.74) is 4.64. The molecule has 3 aromatic rings. The maximum Gasteiger partial charge on any atom is 0.413 e. The Morgan fingerprint density at radius 2 is 2.10 bits per heavy atom. The van der Waals surface area contributed by atoms with Crippen LogP contribution in [0.3, 0.4) is 0 Å². The Hall–Kier alpha value is -2.89. The van der Waals surface area contributed by atoms with Gasteiger partial charge in [0.25, 0.3) is 0 Å². The Morgan fingerprint density at radius 3 is 2.83 bits per heavy atom. The van der Waals surface area contributed by atoms with Crippen molar-refractivity contribution < 1.29 is 14.4 Å². The predicted molar refractivity (Wildman–Crippen MR) is 112 cm³/mol. The average Bonchev–Trinajstić information content (AvgIpc) is 3.38. The lowest BCUT2D eigenvalue weighted by Gasteiger charge is -2.17. The molecule has 2 aromatic heterocycles. The first-order valence-electron chi connectivity index (χ1n) is 9.70. The van der Waals surface area contributed by atoms with E-state index in [0.717, 1.165) is 24.8 Å². The fourth-order valence-corrected chi connectivity index (χ4v) is 3.35. The van der Waals surface area contributed by atoms with Gasteiger partial charge in [-0.1, -0.05) is 50.1 Å². The largest absolute Gasteiger partial charge is 0.449 e. The van der Waals surface area contributed by atoms with Crippen LogP contribution in [0.15, 0.2) is 35.7 Å². The number of aryl methyl sites for hydroxylation is 1. The molecule has 0 saturated carbocycles. The Balaban J connectivity index is 1.51. The predicted octanol–water partition coefficient (Wildman–Crippen LogP) is 3.22. The van der Waals surface area contributed by atoms with Gasteiger partial charge in [-0.2, -0.15) is 5.48 Å². The summed E-state index contributed by atoms with van der Waals surface area (Å²) in [6.07, 6.45) is 2.47. The first-order valence-corrected chi connectivity index (χ1v) is 10.6. The molecular formula is C19H25N7O3S. The SMILES string of the molecule is CCCCCOC(=O)Nc1nc(CONC(c2ccccc2)c2nnnn2C)cs1. The molecule has 0 bridgehead atoms. The topological polar surface area (TPSA) is 116 Å². The molecule has 10 nitrogen and oxygen atoms in total. The molecule has 11 heteroatoms. The molecule has 0 radical (unpaired) electrons. The van der Waals surface area contributed by atoms with Crippen LogP contribution in [0, 0.1) is 0 Å². The molecule has 2 heterocycles. The van der Waals surface area contributed by atoms with Gasteiger partial charge in [-0.05, 0) is 22.4 Å². The van der Waals surface area contributed by atoms with E-state index in [0.29, 0.717) is 23.3 Å². The highest BCUT2D eigenvalue weighted by atomic mass is 32.1. The summed E-state index contributed by atoms with van der Waals surface area (Å²) in [6, 6.07) is 9.40. The number of carbonyl (C=O) groups excluding carboxylic acids is 1. The third-order valence-electron chi connectivity index (χ3n) is 4.21. The first kappa shape index (κ1) is 21.8. The van der Waals surface area contributed by atoms with E-state index in [1.807, 2.05) is 35.7 Å². The van der Waals surface area contributed by atoms with Crippen molar-refractivity contribution in [3.63, 3.8) is 0 Å². The van der Waals surface area contributed by atoms with Crippen LogP contribution in [-0.2, 0) is 23.2 Å². The van der Waals surface area contributed by atoms with Gasteiger partial charge in [0.2, 0.25) is 0 Å². The van der Waals surface area contributed by atoms with Gasteiger partial charge in [-0.25, -0.2) is 14.5 Å². The lowest BCUT2D eigenvalue weighted by Crippen LogP contribution is -2.25. The van der Waals surface area contributed by atoms with Crippen molar-refractivity contribution in [2.75, 3.05) is 11.9 Å². The van der Waals surface area contributed by atoms with E-state index < -0.39 is 6.09 Å². The second-order valence-corrected chi connectivity index (χ2v) is 7.38. The van der Waals surface area contributed by atoms with E-state index in [2.05, 4.69) is 38.2 Å². The van der Waals surface area contributed by atoms with Crippen molar-refractivity contribution in [2.24, 2.45) is 7.05 Å². The molecule has 2 N–H and O–H groups in total. The molecular weight excluding hydrogens is 406 g/mol. The lowest BCUT2D eigenvalue weighted by molar-refractivity contribution is 0.00772. The van der Waals surface area contributed by atoms with Crippen molar-refractivity contribution in [1.82, 2.24) is 30.7 Å². The van der Waals surface area contributed by atoms with E-state index in [4.69, 9.17) is 9.57 Å². The summed E-state index contributed by atoms with van der Waals surface area (Å²) < 4.78 is 6.71. The third-order valence-corrected chi connectivity index (χ3v) is 5.01. The van der Waals surface area contributed by atoms with Crippen molar-refractivity contribution in [1.29, 1.82) is 0 Å². The van der Waals surface area contributed by atoms with Gasteiger partial charge < -0.3 is 4.74 Å². The van der Waals surface area contributed by atoms with Gasteiger partial charge >= 0.3 is 6.09 Å². The number of thiazole rings is 1.